The Hall–Kier alpha value is -2.31. The number of hydrogen-bond acceptors (Lipinski definition) is 3. The van der Waals surface area contributed by atoms with Crippen molar-refractivity contribution in [3.05, 3.63) is 35.4 Å². The lowest BCUT2D eigenvalue weighted by Gasteiger charge is -2.19. The van der Waals surface area contributed by atoms with Gasteiger partial charge in [-0.2, -0.15) is 0 Å². The number of amides is 3. The van der Waals surface area contributed by atoms with Crippen LogP contribution in [0.5, 0.6) is 0 Å². The number of imide groups is 1. The fourth-order valence-electron chi connectivity index (χ4n) is 2.53. The molecule has 3 amide bonds. The monoisotopic (exact) mass is 324 g/mol. The van der Waals surface area contributed by atoms with Crippen LogP contribution in [0.2, 0.25) is 0 Å². The molecule has 1 aromatic rings. The SMILES string of the molecule is CC[C@H](NC(=O)CCN1C(=O)CCC1=O)c1cc(F)ccc1F. The molecule has 1 aliphatic rings. The first-order valence-corrected chi connectivity index (χ1v) is 7.50. The normalized spacial score (nSPS) is 15.9. The number of hydrogen-bond donors (Lipinski definition) is 1. The minimum Gasteiger partial charge on any atom is -0.349 e. The molecular weight excluding hydrogens is 306 g/mol. The predicted octanol–water partition coefficient (Wildman–Crippen LogP) is 2.07. The summed E-state index contributed by atoms with van der Waals surface area (Å²) in [5.74, 6) is -2.17. The molecule has 0 saturated carbocycles. The Morgan fingerprint density at radius 1 is 1.26 bits per heavy atom. The summed E-state index contributed by atoms with van der Waals surface area (Å²) in [6.07, 6.45) is 0.664. The van der Waals surface area contributed by atoms with Crippen molar-refractivity contribution in [3.8, 4) is 0 Å². The van der Waals surface area contributed by atoms with Crippen LogP contribution in [-0.2, 0) is 14.4 Å². The number of carbonyl (C=O) groups is 3. The van der Waals surface area contributed by atoms with Crippen molar-refractivity contribution in [2.45, 2.75) is 38.6 Å². The lowest BCUT2D eigenvalue weighted by Crippen LogP contribution is -2.35. The summed E-state index contributed by atoms with van der Waals surface area (Å²) < 4.78 is 27.0. The minimum absolute atomic E-state index is 0.00552. The molecule has 1 N–H and O–H groups in total. The lowest BCUT2D eigenvalue weighted by atomic mass is 10.0. The van der Waals surface area contributed by atoms with Crippen LogP contribution >= 0.6 is 0 Å². The van der Waals surface area contributed by atoms with E-state index in [1.54, 1.807) is 6.92 Å². The highest BCUT2D eigenvalue weighted by atomic mass is 19.1. The minimum atomic E-state index is -0.664. The van der Waals surface area contributed by atoms with Crippen LogP contribution < -0.4 is 5.32 Å². The molecule has 5 nitrogen and oxygen atoms in total. The van der Waals surface area contributed by atoms with Crippen LogP contribution in [0.1, 0.15) is 44.2 Å². The molecule has 2 rings (SSSR count). The maximum Gasteiger partial charge on any atom is 0.229 e. The van der Waals surface area contributed by atoms with Crippen LogP contribution in [0.4, 0.5) is 8.78 Å². The molecule has 1 atom stereocenters. The molecule has 1 saturated heterocycles. The van der Waals surface area contributed by atoms with Crippen LogP contribution in [0.25, 0.3) is 0 Å². The molecule has 1 fully saturated rings. The zero-order valence-corrected chi connectivity index (χ0v) is 12.8. The van der Waals surface area contributed by atoms with Crippen molar-refractivity contribution < 1.29 is 23.2 Å². The van der Waals surface area contributed by atoms with Gasteiger partial charge < -0.3 is 5.32 Å². The van der Waals surface area contributed by atoms with E-state index < -0.39 is 23.6 Å². The highest BCUT2D eigenvalue weighted by molar-refractivity contribution is 6.02. The average Bonchev–Trinajstić information content (AvgIpc) is 2.84. The van der Waals surface area contributed by atoms with Crippen molar-refractivity contribution in [2.75, 3.05) is 6.54 Å². The number of likely N-dealkylation sites (tertiary alicyclic amines) is 1. The second kappa shape index (κ2) is 7.30. The third kappa shape index (κ3) is 4.12. The lowest BCUT2D eigenvalue weighted by molar-refractivity contribution is -0.138. The number of benzene rings is 1. The van der Waals surface area contributed by atoms with Gasteiger partial charge in [-0.15, -0.1) is 0 Å². The van der Waals surface area contributed by atoms with Crippen molar-refractivity contribution in [2.24, 2.45) is 0 Å². The fraction of sp³-hybridized carbons (Fsp3) is 0.438. The third-order valence-corrected chi connectivity index (χ3v) is 3.79. The molecule has 23 heavy (non-hydrogen) atoms. The molecule has 0 radical (unpaired) electrons. The fourth-order valence-corrected chi connectivity index (χ4v) is 2.53. The number of halogens is 2. The first-order valence-electron chi connectivity index (χ1n) is 7.50. The first-order chi connectivity index (χ1) is 10.9. The number of nitrogens with zero attached hydrogens (tertiary/aromatic N) is 1. The van der Waals surface area contributed by atoms with Gasteiger partial charge in [-0.25, -0.2) is 8.78 Å². The predicted molar refractivity (Wildman–Crippen MR) is 78.1 cm³/mol. The molecular formula is C16H18F2N2O3. The smallest absolute Gasteiger partial charge is 0.229 e. The van der Waals surface area contributed by atoms with Crippen molar-refractivity contribution in [1.29, 1.82) is 0 Å². The number of carbonyl (C=O) groups excluding carboxylic acids is 3. The van der Waals surface area contributed by atoms with E-state index in [-0.39, 0.29) is 43.2 Å². The van der Waals surface area contributed by atoms with Gasteiger partial charge in [0.2, 0.25) is 17.7 Å². The Morgan fingerprint density at radius 2 is 1.91 bits per heavy atom. The maximum atomic E-state index is 13.8. The molecule has 1 aliphatic heterocycles. The summed E-state index contributed by atoms with van der Waals surface area (Å²) in [7, 11) is 0. The van der Waals surface area contributed by atoms with Gasteiger partial charge in [-0.1, -0.05) is 6.92 Å². The largest absolute Gasteiger partial charge is 0.349 e. The van der Waals surface area contributed by atoms with E-state index in [1.807, 2.05) is 0 Å². The molecule has 124 valence electrons. The molecule has 7 heteroatoms. The Morgan fingerprint density at radius 3 is 2.52 bits per heavy atom. The van der Waals surface area contributed by atoms with Crippen molar-refractivity contribution in [3.63, 3.8) is 0 Å². The molecule has 1 heterocycles. The van der Waals surface area contributed by atoms with E-state index >= 15 is 0 Å². The van der Waals surface area contributed by atoms with Crippen LogP contribution in [0, 0.1) is 11.6 Å². The van der Waals surface area contributed by atoms with Gasteiger partial charge >= 0.3 is 0 Å². The summed E-state index contributed by atoms with van der Waals surface area (Å²) in [5, 5.41) is 2.61. The molecule has 0 aliphatic carbocycles. The summed E-state index contributed by atoms with van der Waals surface area (Å²) in [4.78, 5) is 36.0. The van der Waals surface area contributed by atoms with Crippen LogP contribution in [-0.4, -0.2) is 29.2 Å². The van der Waals surface area contributed by atoms with Gasteiger partial charge in [0, 0.05) is 31.4 Å². The topological polar surface area (TPSA) is 66.5 Å². The van der Waals surface area contributed by atoms with Crippen LogP contribution in [0.3, 0.4) is 0 Å². The summed E-state index contributed by atoms with van der Waals surface area (Å²) in [5.41, 5.74) is 0.0779. The third-order valence-electron chi connectivity index (χ3n) is 3.79. The summed E-state index contributed by atoms with van der Waals surface area (Å²) in [6.45, 7) is 1.74. The Balaban J connectivity index is 1.96. The molecule has 0 unspecified atom stereocenters. The highest BCUT2D eigenvalue weighted by Gasteiger charge is 2.29. The van der Waals surface area contributed by atoms with E-state index in [4.69, 9.17) is 0 Å². The van der Waals surface area contributed by atoms with Gasteiger partial charge in [0.05, 0.1) is 6.04 Å². The molecule has 0 spiro atoms. The van der Waals surface area contributed by atoms with Gasteiger partial charge in [-0.05, 0) is 24.6 Å². The molecule has 0 bridgehead atoms. The van der Waals surface area contributed by atoms with Crippen LogP contribution in [0.15, 0.2) is 18.2 Å². The van der Waals surface area contributed by atoms with E-state index in [9.17, 15) is 23.2 Å². The number of nitrogens with one attached hydrogen (secondary N) is 1. The quantitative estimate of drug-likeness (QED) is 0.815. The average molecular weight is 324 g/mol. The van der Waals surface area contributed by atoms with Crippen molar-refractivity contribution >= 4 is 17.7 Å². The van der Waals surface area contributed by atoms with E-state index in [0.29, 0.717) is 6.42 Å². The second-order valence-electron chi connectivity index (χ2n) is 5.38. The van der Waals surface area contributed by atoms with Gasteiger partial charge in [0.15, 0.2) is 0 Å². The van der Waals surface area contributed by atoms with Gasteiger partial charge in [-0.3, -0.25) is 19.3 Å². The van der Waals surface area contributed by atoms with Gasteiger partial charge in [0.25, 0.3) is 0 Å². The van der Waals surface area contributed by atoms with Crippen molar-refractivity contribution in [1.82, 2.24) is 10.2 Å². The Labute approximate surface area is 132 Å². The maximum absolute atomic E-state index is 13.8. The zero-order chi connectivity index (χ0) is 17.0. The van der Waals surface area contributed by atoms with E-state index in [1.165, 1.54) is 0 Å². The van der Waals surface area contributed by atoms with Gasteiger partial charge in [0.1, 0.15) is 11.6 Å². The summed E-state index contributed by atoms with van der Waals surface area (Å²) in [6, 6.07) is 2.42. The van der Waals surface area contributed by atoms with E-state index in [0.717, 1.165) is 23.1 Å². The zero-order valence-electron chi connectivity index (χ0n) is 12.8. The Bertz CT molecular complexity index is 618. The standard InChI is InChI=1S/C16H18F2N2O3/c1-2-13(11-9-10(17)3-4-12(11)18)19-14(21)7-8-20-15(22)5-6-16(20)23/h3-4,9,13H,2,5-8H2,1H3,(H,19,21)/t13-/m0/s1. The second-order valence-corrected chi connectivity index (χ2v) is 5.38. The summed E-state index contributed by atoms with van der Waals surface area (Å²) >= 11 is 0. The van der Waals surface area contributed by atoms with E-state index in [2.05, 4.69) is 5.32 Å². The number of rotatable bonds is 6. The first kappa shape index (κ1) is 17.1. The molecule has 0 aromatic heterocycles. The Kier molecular flexibility index (Phi) is 5.41. The molecule has 1 aromatic carbocycles. The highest BCUT2D eigenvalue weighted by Crippen LogP contribution is 2.21.